The molecular formula is C21H25NO4S2. The van der Waals surface area contributed by atoms with Gasteiger partial charge in [-0.25, -0.2) is 4.21 Å². The van der Waals surface area contributed by atoms with Gasteiger partial charge >= 0.3 is 0 Å². The molecule has 0 aromatic heterocycles. The molecule has 0 amide bonds. The summed E-state index contributed by atoms with van der Waals surface area (Å²) in [7, 11) is -7.35. The van der Waals surface area contributed by atoms with Gasteiger partial charge in [-0.15, -0.1) is 0 Å². The smallest absolute Gasteiger partial charge is 0.290 e. The lowest BCUT2D eigenvalue weighted by Crippen LogP contribution is -2.20. The highest BCUT2D eigenvalue weighted by Gasteiger charge is 2.53. The van der Waals surface area contributed by atoms with E-state index >= 15 is 0 Å². The van der Waals surface area contributed by atoms with Crippen LogP contribution >= 0.6 is 0 Å². The van der Waals surface area contributed by atoms with Crippen molar-refractivity contribution in [2.24, 2.45) is 9.69 Å². The summed E-state index contributed by atoms with van der Waals surface area (Å²) in [5.74, 6) is 0.334. The fraction of sp³-hybridized carbons (Fsp3) is 0.429. The fourth-order valence-corrected chi connectivity index (χ4v) is 8.25. The first-order valence-electron chi connectivity index (χ1n) is 9.70. The highest BCUT2D eigenvalue weighted by molar-refractivity contribution is 8.03. The normalized spacial score (nSPS) is 25.0. The first-order valence-corrected chi connectivity index (χ1v) is 12.7. The molecule has 1 aliphatic heterocycles. The third-order valence-corrected chi connectivity index (χ3v) is 10.0. The Balaban J connectivity index is 1.75. The first-order chi connectivity index (χ1) is 13.4. The van der Waals surface area contributed by atoms with Crippen LogP contribution in [0.3, 0.4) is 0 Å². The van der Waals surface area contributed by atoms with Crippen molar-refractivity contribution in [1.29, 1.82) is 0 Å². The molecule has 1 heterocycles. The Morgan fingerprint density at radius 3 is 2.14 bits per heavy atom. The van der Waals surface area contributed by atoms with Crippen LogP contribution in [0.25, 0.3) is 0 Å². The van der Waals surface area contributed by atoms with Gasteiger partial charge in [0.1, 0.15) is 15.8 Å². The third kappa shape index (κ3) is 3.88. The molecule has 7 heteroatoms. The van der Waals surface area contributed by atoms with E-state index in [4.69, 9.17) is 4.74 Å². The van der Waals surface area contributed by atoms with Crippen LogP contribution in [0.15, 0.2) is 68.2 Å². The molecule has 0 spiro atoms. The minimum Gasteiger partial charge on any atom is -0.354 e. The first kappa shape index (κ1) is 19.6. The zero-order chi connectivity index (χ0) is 19.8. The van der Waals surface area contributed by atoms with Crippen molar-refractivity contribution < 1.29 is 17.4 Å². The average molecular weight is 420 g/mol. The molecule has 4 rings (SSSR count). The van der Waals surface area contributed by atoms with Crippen LogP contribution < -0.4 is 0 Å². The van der Waals surface area contributed by atoms with E-state index in [9.17, 15) is 12.6 Å². The lowest BCUT2D eigenvalue weighted by Gasteiger charge is -2.19. The maximum absolute atomic E-state index is 14.0. The van der Waals surface area contributed by atoms with Crippen molar-refractivity contribution in [3.8, 4) is 0 Å². The molecular weight excluding hydrogens is 394 g/mol. The van der Waals surface area contributed by atoms with Gasteiger partial charge in [0, 0.05) is 0 Å². The zero-order valence-corrected chi connectivity index (χ0v) is 17.5. The highest BCUT2D eigenvalue weighted by atomic mass is 32.3. The van der Waals surface area contributed by atoms with Gasteiger partial charge in [0.15, 0.2) is 5.44 Å². The summed E-state index contributed by atoms with van der Waals surface area (Å²) in [6.07, 6.45) is 5.40. The molecule has 2 aromatic rings. The van der Waals surface area contributed by atoms with Gasteiger partial charge in [-0.3, -0.25) is 0 Å². The summed E-state index contributed by atoms with van der Waals surface area (Å²) in [5.41, 5.74) is 0.281. The van der Waals surface area contributed by atoms with Crippen LogP contribution in [0.1, 0.15) is 37.7 Å². The van der Waals surface area contributed by atoms with E-state index in [1.54, 1.807) is 36.4 Å². The number of sulfonamides is 1. The summed E-state index contributed by atoms with van der Waals surface area (Å²) in [6, 6.07) is 15.1. The second-order valence-electron chi connectivity index (χ2n) is 7.61. The molecule has 0 unspecified atom stereocenters. The fourth-order valence-electron chi connectivity index (χ4n) is 3.90. The van der Waals surface area contributed by atoms with Crippen LogP contribution in [-0.2, 0) is 24.5 Å². The lowest BCUT2D eigenvalue weighted by atomic mass is 9.87. The van der Waals surface area contributed by atoms with Gasteiger partial charge in [0.05, 0.1) is 9.79 Å². The van der Waals surface area contributed by atoms with E-state index in [1.165, 1.54) is 18.6 Å². The minimum atomic E-state index is -4.07. The number of rotatable bonds is 5. The van der Waals surface area contributed by atoms with Crippen molar-refractivity contribution in [2.75, 3.05) is 0 Å². The van der Waals surface area contributed by atoms with E-state index in [0.717, 1.165) is 31.2 Å². The predicted molar refractivity (Wildman–Crippen MR) is 109 cm³/mol. The molecule has 2 aromatic carbocycles. The molecule has 150 valence electrons. The van der Waals surface area contributed by atoms with E-state index < -0.39 is 25.2 Å². The minimum absolute atomic E-state index is 0.0524. The van der Waals surface area contributed by atoms with Gasteiger partial charge in [0.25, 0.3) is 10.0 Å². The van der Waals surface area contributed by atoms with Crippen molar-refractivity contribution in [1.82, 2.24) is 0 Å². The molecule has 5 nitrogen and oxygen atoms in total. The number of ether oxygens (including phenoxy) is 1. The quantitative estimate of drug-likeness (QED) is 0.668. The molecule has 1 aliphatic carbocycles. The Morgan fingerprint density at radius 2 is 1.50 bits per heavy atom. The van der Waals surface area contributed by atoms with Crippen LogP contribution in [0.5, 0.6) is 0 Å². The number of hydrogen-bond acceptors (Lipinski definition) is 4. The maximum atomic E-state index is 14.0. The Bertz CT molecular complexity index is 1050. The third-order valence-electron chi connectivity index (χ3n) is 5.52. The number of hydrogen-bond donors (Lipinski definition) is 0. The van der Waals surface area contributed by atoms with E-state index in [1.807, 2.05) is 13.0 Å². The molecule has 3 atom stereocenters. The van der Waals surface area contributed by atoms with Crippen LogP contribution in [-0.4, -0.2) is 24.2 Å². The number of nitrogens with zero attached hydrogens (tertiary/aromatic N) is 1. The van der Waals surface area contributed by atoms with Crippen molar-refractivity contribution in [3.63, 3.8) is 0 Å². The number of benzene rings is 2. The van der Waals surface area contributed by atoms with Gasteiger partial charge in [0.2, 0.25) is 0 Å². The Hall–Kier alpha value is -1.70. The molecule has 1 saturated heterocycles. The van der Waals surface area contributed by atoms with Crippen LogP contribution in [0.4, 0.5) is 0 Å². The molecule has 1 saturated carbocycles. The molecule has 0 bridgehead atoms. The predicted octanol–water partition coefficient (Wildman–Crippen LogP) is 4.52. The molecule has 0 N–H and O–H groups in total. The summed E-state index contributed by atoms with van der Waals surface area (Å²) in [4.78, 5) is 0.464. The summed E-state index contributed by atoms with van der Waals surface area (Å²) in [6.45, 7) is 1.88. The molecule has 2 fully saturated rings. The van der Waals surface area contributed by atoms with E-state index in [2.05, 4.69) is 3.77 Å². The Morgan fingerprint density at radius 1 is 0.857 bits per heavy atom. The summed E-state index contributed by atoms with van der Waals surface area (Å²) in [5, 5.41) is 0. The summed E-state index contributed by atoms with van der Waals surface area (Å²) < 4.78 is 49.7. The van der Waals surface area contributed by atoms with Crippen LogP contribution in [0.2, 0.25) is 0 Å². The lowest BCUT2D eigenvalue weighted by molar-refractivity contribution is 0.265. The standard InChI is InChI=1S/C21H25NO4S2/c1-16-12-14-19(15-13-16)28(24,25)22-27(23,18-10-6-3-7-11-18)21-20(26-21)17-8-4-2-5-9-17/h3,6-7,10-15,17,20-21H,2,4-5,8-9H2,1H3/t20-,21+,27+/m0/s1. The average Bonchev–Trinajstić information content (AvgIpc) is 3.51. The molecule has 28 heavy (non-hydrogen) atoms. The van der Waals surface area contributed by atoms with Gasteiger partial charge in [-0.05, 0) is 49.9 Å². The van der Waals surface area contributed by atoms with Gasteiger partial charge in [-0.2, -0.15) is 8.42 Å². The summed E-state index contributed by atoms with van der Waals surface area (Å²) >= 11 is 0. The Labute approximate surface area is 167 Å². The van der Waals surface area contributed by atoms with Gasteiger partial charge in [-0.1, -0.05) is 58.9 Å². The van der Waals surface area contributed by atoms with Gasteiger partial charge < -0.3 is 4.74 Å². The number of aryl methyl sites for hydroxylation is 1. The number of epoxide rings is 1. The second kappa shape index (κ2) is 7.61. The largest absolute Gasteiger partial charge is 0.354 e. The van der Waals surface area contributed by atoms with E-state index in [0.29, 0.717) is 10.8 Å². The van der Waals surface area contributed by atoms with Crippen LogP contribution in [0, 0.1) is 12.8 Å². The molecule has 2 aliphatic rings. The second-order valence-corrected chi connectivity index (χ2v) is 11.7. The van der Waals surface area contributed by atoms with E-state index in [-0.39, 0.29) is 11.0 Å². The maximum Gasteiger partial charge on any atom is 0.290 e. The van der Waals surface area contributed by atoms with Crippen molar-refractivity contribution >= 4 is 19.8 Å². The topological polar surface area (TPSA) is 76.1 Å². The zero-order valence-electron chi connectivity index (χ0n) is 15.9. The van der Waals surface area contributed by atoms with Crippen molar-refractivity contribution in [2.45, 2.75) is 60.4 Å². The Kier molecular flexibility index (Phi) is 5.33. The molecule has 0 radical (unpaired) electrons. The van der Waals surface area contributed by atoms with Crippen molar-refractivity contribution in [3.05, 3.63) is 60.2 Å². The monoisotopic (exact) mass is 419 g/mol. The SMILES string of the molecule is Cc1ccc(S(=O)(=O)N=[S@@](=O)(c2ccccc2)[C@H]2O[C@H]2C2CCCCC2)cc1. The highest BCUT2D eigenvalue weighted by Crippen LogP contribution is 2.44.